The number of carbonyl (C=O) groups is 3. The van der Waals surface area contributed by atoms with Crippen LogP contribution in [-0.4, -0.2) is 68.1 Å². The van der Waals surface area contributed by atoms with Gasteiger partial charge in [-0.25, -0.2) is 4.79 Å². The van der Waals surface area contributed by atoms with Crippen LogP contribution >= 0.6 is 0 Å². The van der Waals surface area contributed by atoms with Gasteiger partial charge >= 0.3 is 5.97 Å². The second-order valence-corrected chi connectivity index (χ2v) is 7.50. The number of rotatable bonds is 8. The molecule has 0 spiro atoms. The smallest absolute Gasteiger partial charge is 0.376 e. The number of benzene rings is 2. The summed E-state index contributed by atoms with van der Waals surface area (Å²) in [5.74, 6) is -1.02. The van der Waals surface area contributed by atoms with Crippen molar-refractivity contribution in [1.82, 2.24) is 4.90 Å². The van der Waals surface area contributed by atoms with Gasteiger partial charge in [0, 0.05) is 19.3 Å². The first-order valence-electron chi connectivity index (χ1n) is 9.93. The zero-order chi connectivity index (χ0) is 22.1. The number of amides is 1. The zero-order valence-electron chi connectivity index (χ0n) is 17.6. The Hall–Kier alpha value is -3.23. The Labute approximate surface area is 180 Å². The molecule has 31 heavy (non-hydrogen) atoms. The molecule has 0 aliphatic carbocycles. The lowest BCUT2D eigenvalue weighted by Crippen LogP contribution is -2.69. The van der Waals surface area contributed by atoms with E-state index < -0.39 is 29.9 Å². The Kier molecular flexibility index (Phi) is 5.75. The summed E-state index contributed by atoms with van der Waals surface area (Å²) in [6, 6.07) is 15.3. The maximum Gasteiger partial charge on any atom is 0.376 e. The van der Waals surface area contributed by atoms with Crippen molar-refractivity contribution >= 4 is 23.3 Å². The lowest BCUT2D eigenvalue weighted by molar-refractivity contribution is -0.151. The van der Waals surface area contributed by atoms with Crippen molar-refractivity contribution in [3.8, 4) is 5.75 Å². The fraction of sp³-hybridized carbons (Fsp3) is 0.348. The standard InChI is InChI=1S/C23H24N2O6/c1-29-16-11-9-15(10-12-16)25-19(21(30-2)22(25)27)17-18(20(26)23(28)31-3)24(17)13-14-7-5-4-6-8-14/h4-12,17-19,21H,13H2,1-3H3/t17-,18+,19+,21-,24?/m1/s1. The lowest BCUT2D eigenvalue weighted by atomic mass is 9.91. The van der Waals surface area contributed by atoms with Crippen LogP contribution in [0.25, 0.3) is 0 Å². The first kappa shape index (κ1) is 21.0. The molecule has 2 aromatic rings. The van der Waals surface area contributed by atoms with Crippen LogP contribution < -0.4 is 9.64 Å². The quantitative estimate of drug-likeness (QED) is 0.274. The number of β-lactam (4-membered cyclic amide) rings is 1. The van der Waals surface area contributed by atoms with Crippen LogP contribution in [0.3, 0.4) is 0 Å². The molecule has 2 fully saturated rings. The number of hydrogen-bond donors (Lipinski definition) is 0. The predicted octanol–water partition coefficient (Wildman–Crippen LogP) is 1.42. The van der Waals surface area contributed by atoms with E-state index in [2.05, 4.69) is 4.74 Å². The Balaban J connectivity index is 1.63. The maximum absolute atomic E-state index is 12.8. The average Bonchev–Trinajstić information content (AvgIpc) is 3.49. The summed E-state index contributed by atoms with van der Waals surface area (Å²) >= 11 is 0. The van der Waals surface area contributed by atoms with E-state index in [1.165, 1.54) is 14.2 Å². The number of esters is 1. The number of anilines is 1. The van der Waals surface area contributed by atoms with Crippen LogP contribution in [-0.2, 0) is 30.4 Å². The third-order valence-corrected chi connectivity index (χ3v) is 5.88. The monoisotopic (exact) mass is 424 g/mol. The summed E-state index contributed by atoms with van der Waals surface area (Å²) in [5.41, 5.74) is 1.68. The highest BCUT2D eigenvalue weighted by molar-refractivity contribution is 6.36. The lowest BCUT2D eigenvalue weighted by Gasteiger charge is -2.46. The molecule has 2 aliphatic heterocycles. The summed E-state index contributed by atoms with van der Waals surface area (Å²) in [7, 11) is 4.23. The largest absolute Gasteiger partial charge is 0.497 e. The Morgan fingerprint density at radius 2 is 1.61 bits per heavy atom. The van der Waals surface area contributed by atoms with Gasteiger partial charge in [0.25, 0.3) is 11.7 Å². The van der Waals surface area contributed by atoms with E-state index in [4.69, 9.17) is 9.47 Å². The van der Waals surface area contributed by atoms with Gasteiger partial charge in [-0.3, -0.25) is 14.5 Å². The third-order valence-electron chi connectivity index (χ3n) is 5.88. The fourth-order valence-corrected chi connectivity index (χ4v) is 4.30. The number of methoxy groups -OCH3 is 3. The van der Waals surface area contributed by atoms with Gasteiger partial charge in [-0.1, -0.05) is 30.3 Å². The maximum atomic E-state index is 12.8. The average molecular weight is 424 g/mol. The van der Waals surface area contributed by atoms with Gasteiger partial charge in [0.2, 0.25) is 0 Å². The van der Waals surface area contributed by atoms with E-state index >= 15 is 0 Å². The molecule has 0 aromatic heterocycles. The molecule has 2 aliphatic rings. The number of Topliss-reactive ketones (excluding diaryl/α,β-unsaturated/α-hetero) is 1. The van der Waals surface area contributed by atoms with Crippen LogP contribution in [0.15, 0.2) is 54.6 Å². The molecule has 162 valence electrons. The van der Waals surface area contributed by atoms with Crippen LogP contribution in [0.4, 0.5) is 5.69 Å². The van der Waals surface area contributed by atoms with Gasteiger partial charge in [-0.05, 0) is 29.8 Å². The van der Waals surface area contributed by atoms with E-state index in [9.17, 15) is 14.4 Å². The first-order chi connectivity index (χ1) is 15.0. The molecule has 1 amide bonds. The van der Waals surface area contributed by atoms with Crippen LogP contribution in [0.5, 0.6) is 5.75 Å². The van der Waals surface area contributed by atoms with Crippen LogP contribution in [0, 0.1) is 0 Å². The topological polar surface area (TPSA) is 85.2 Å². The Morgan fingerprint density at radius 1 is 0.935 bits per heavy atom. The highest BCUT2D eigenvalue weighted by atomic mass is 16.5. The number of nitrogens with zero attached hydrogens (tertiary/aromatic N) is 2. The van der Waals surface area contributed by atoms with Crippen molar-refractivity contribution in [3.05, 3.63) is 60.2 Å². The minimum Gasteiger partial charge on any atom is -0.497 e. The van der Waals surface area contributed by atoms with Gasteiger partial charge in [-0.15, -0.1) is 0 Å². The molecule has 2 saturated heterocycles. The zero-order valence-corrected chi connectivity index (χ0v) is 17.6. The van der Waals surface area contributed by atoms with E-state index in [0.717, 1.165) is 5.56 Å². The van der Waals surface area contributed by atoms with Gasteiger partial charge in [0.05, 0.1) is 32.3 Å². The molecule has 8 heteroatoms. The van der Waals surface area contributed by atoms with E-state index in [1.807, 2.05) is 35.2 Å². The van der Waals surface area contributed by atoms with E-state index in [-0.39, 0.29) is 11.9 Å². The van der Waals surface area contributed by atoms with Gasteiger partial charge in [0.1, 0.15) is 5.75 Å². The number of ether oxygens (including phenoxy) is 3. The minimum absolute atomic E-state index is 0.187. The van der Waals surface area contributed by atoms with Crippen molar-refractivity contribution in [3.63, 3.8) is 0 Å². The minimum atomic E-state index is -0.888. The summed E-state index contributed by atoms with van der Waals surface area (Å²) in [6.45, 7) is 0.469. The molecule has 0 saturated carbocycles. The fourth-order valence-electron chi connectivity index (χ4n) is 4.30. The molecule has 1 unspecified atom stereocenters. The van der Waals surface area contributed by atoms with E-state index in [1.54, 1.807) is 36.3 Å². The van der Waals surface area contributed by atoms with Gasteiger partial charge in [0.15, 0.2) is 6.10 Å². The highest BCUT2D eigenvalue weighted by Crippen LogP contribution is 2.44. The molecule has 4 rings (SSSR count). The van der Waals surface area contributed by atoms with Crippen molar-refractivity contribution in [2.75, 3.05) is 26.2 Å². The molecule has 2 aromatic carbocycles. The summed E-state index contributed by atoms with van der Waals surface area (Å²) in [6.07, 6.45) is -0.694. The molecular formula is C23H24N2O6. The van der Waals surface area contributed by atoms with Gasteiger partial charge in [-0.2, -0.15) is 0 Å². The number of hydrogen-bond acceptors (Lipinski definition) is 7. The highest BCUT2D eigenvalue weighted by Gasteiger charge is 2.66. The third kappa shape index (κ3) is 3.68. The molecule has 5 atom stereocenters. The molecule has 0 bridgehead atoms. The van der Waals surface area contributed by atoms with Crippen molar-refractivity contribution in [1.29, 1.82) is 0 Å². The molecular weight excluding hydrogens is 400 g/mol. The SMILES string of the molecule is COC(=O)C(=O)[C@@H]1[C@H]([C@H]2[C@@H](OC)C(=O)N2c2ccc(OC)cc2)N1Cc1ccccc1. The Bertz CT molecular complexity index is 977. The second-order valence-electron chi connectivity index (χ2n) is 7.50. The number of carbonyl (C=O) groups excluding carboxylic acids is 3. The van der Waals surface area contributed by atoms with Crippen LogP contribution in [0.1, 0.15) is 5.56 Å². The normalized spacial score (nSPS) is 26.7. The van der Waals surface area contributed by atoms with Crippen LogP contribution in [0.2, 0.25) is 0 Å². The molecule has 0 N–H and O–H groups in total. The molecule has 2 heterocycles. The van der Waals surface area contributed by atoms with Crippen molar-refractivity contribution < 1.29 is 28.6 Å². The molecule has 8 nitrogen and oxygen atoms in total. The summed E-state index contributed by atoms with van der Waals surface area (Å²) in [5, 5.41) is 0. The second kappa shape index (κ2) is 8.49. The van der Waals surface area contributed by atoms with Crippen molar-refractivity contribution in [2.45, 2.75) is 30.8 Å². The predicted molar refractivity (Wildman–Crippen MR) is 112 cm³/mol. The van der Waals surface area contributed by atoms with Crippen molar-refractivity contribution in [2.24, 2.45) is 0 Å². The van der Waals surface area contributed by atoms with E-state index in [0.29, 0.717) is 18.0 Å². The summed E-state index contributed by atoms with van der Waals surface area (Å²) in [4.78, 5) is 41.0. The van der Waals surface area contributed by atoms with Gasteiger partial charge < -0.3 is 19.1 Å². The first-order valence-corrected chi connectivity index (χ1v) is 9.93. The molecule has 0 radical (unpaired) electrons. The summed E-state index contributed by atoms with van der Waals surface area (Å²) < 4.78 is 15.3. The number of ketones is 1. The Morgan fingerprint density at radius 3 is 2.19 bits per heavy atom.